The average Bonchev–Trinajstić information content (AvgIpc) is 2.52. The maximum absolute atomic E-state index is 5.07. The highest BCUT2D eigenvalue weighted by atomic mass is 16.5. The summed E-state index contributed by atoms with van der Waals surface area (Å²) >= 11 is 0. The van der Waals surface area contributed by atoms with E-state index < -0.39 is 0 Å². The molecule has 0 saturated heterocycles. The summed E-state index contributed by atoms with van der Waals surface area (Å²) in [6, 6.07) is 17.0. The molecule has 2 aromatic carbocycles. The van der Waals surface area contributed by atoms with Gasteiger partial charge in [0.25, 0.3) is 0 Å². The van der Waals surface area contributed by atoms with Crippen molar-refractivity contribution in [2.75, 3.05) is 32.2 Å². The third kappa shape index (κ3) is 4.06. The lowest BCUT2D eigenvalue weighted by molar-refractivity contribution is 0.199. The number of para-hydroxylation sites is 2. The van der Waals surface area contributed by atoms with Crippen LogP contribution in [0.1, 0.15) is 11.1 Å². The Morgan fingerprint density at radius 1 is 1.00 bits per heavy atom. The Kier molecular flexibility index (Phi) is 5.78. The van der Waals surface area contributed by atoms with Crippen molar-refractivity contribution in [2.45, 2.75) is 13.5 Å². The molecule has 1 N–H and O–H groups in total. The fraction of sp³-hybridized carbons (Fsp3) is 0.333. The van der Waals surface area contributed by atoms with E-state index in [9.17, 15) is 0 Å². The maximum Gasteiger partial charge on any atom is 0.0587 e. The van der Waals surface area contributed by atoms with Crippen LogP contribution in [-0.4, -0.2) is 27.3 Å². The average molecular weight is 284 g/mol. The van der Waals surface area contributed by atoms with Gasteiger partial charge in [-0.05, 0) is 30.2 Å². The molecule has 0 saturated carbocycles. The molecule has 2 aromatic rings. The summed E-state index contributed by atoms with van der Waals surface area (Å²) in [6.07, 6.45) is 0. The number of hydrogen-bond donors (Lipinski definition) is 1. The number of anilines is 2. The van der Waals surface area contributed by atoms with Gasteiger partial charge in [0.15, 0.2) is 0 Å². The quantitative estimate of drug-likeness (QED) is 0.788. The first-order chi connectivity index (χ1) is 10.2. The molecule has 3 heteroatoms. The zero-order valence-electron chi connectivity index (χ0n) is 13.1. The van der Waals surface area contributed by atoms with Gasteiger partial charge in [0.1, 0.15) is 0 Å². The van der Waals surface area contributed by atoms with E-state index in [-0.39, 0.29) is 0 Å². The molecule has 0 radical (unpaired) electrons. The zero-order chi connectivity index (χ0) is 15.1. The van der Waals surface area contributed by atoms with Crippen molar-refractivity contribution in [1.82, 2.24) is 5.32 Å². The van der Waals surface area contributed by atoms with Gasteiger partial charge in [-0.3, -0.25) is 0 Å². The molecule has 0 atom stereocenters. The van der Waals surface area contributed by atoms with Crippen molar-refractivity contribution in [2.24, 2.45) is 0 Å². The van der Waals surface area contributed by atoms with Crippen LogP contribution in [0, 0.1) is 6.92 Å². The van der Waals surface area contributed by atoms with Gasteiger partial charge >= 0.3 is 0 Å². The third-order valence-corrected chi connectivity index (χ3v) is 3.63. The zero-order valence-corrected chi connectivity index (χ0v) is 13.1. The van der Waals surface area contributed by atoms with Gasteiger partial charge in [0.05, 0.1) is 6.61 Å². The first kappa shape index (κ1) is 15.5. The Balaban J connectivity index is 2.17. The number of nitrogens with one attached hydrogen (secondary N) is 1. The van der Waals surface area contributed by atoms with Crippen molar-refractivity contribution < 1.29 is 4.74 Å². The van der Waals surface area contributed by atoms with E-state index >= 15 is 0 Å². The number of nitrogens with zero attached hydrogens (tertiary/aromatic N) is 1. The summed E-state index contributed by atoms with van der Waals surface area (Å²) in [5, 5.41) is 3.41. The van der Waals surface area contributed by atoms with Gasteiger partial charge in [-0.1, -0.05) is 36.4 Å². The van der Waals surface area contributed by atoms with E-state index in [0.717, 1.165) is 19.7 Å². The van der Waals surface area contributed by atoms with Crippen LogP contribution in [0.15, 0.2) is 48.5 Å². The first-order valence-corrected chi connectivity index (χ1v) is 7.31. The molecule has 0 heterocycles. The van der Waals surface area contributed by atoms with Crippen LogP contribution in [0.2, 0.25) is 0 Å². The number of aryl methyl sites for hydroxylation is 1. The number of ether oxygens (including phenoxy) is 1. The highest BCUT2D eigenvalue weighted by Crippen LogP contribution is 2.29. The van der Waals surface area contributed by atoms with Gasteiger partial charge in [0.2, 0.25) is 0 Å². The van der Waals surface area contributed by atoms with E-state index in [4.69, 9.17) is 4.74 Å². The van der Waals surface area contributed by atoms with Gasteiger partial charge in [0, 0.05) is 38.6 Å². The summed E-state index contributed by atoms with van der Waals surface area (Å²) in [6.45, 7) is 4.58. The Morgan fingerprint density at radius 3 is 2.38 bits per heavy atom. The summed E-state index contributed by atoms with van der Waals surface area (Å²) in [4.78, 5) is 2.25. The standard InChI is InChI=1S/C18H24N2O/c1-15-8-4-6-10-17(15)20(2)18-11-7-5-9-16(18)14-19-12-13-21-3/h4-11,19H,12-14H2,1-3H3. The first-order valence-electron chi connectivity index (χ1n) is 7.31. The number of rotatable bonds is 7. The van der Waals surface area contributed by atoms with Gasteiger partial charge < -0.3 is 15.0 Å². The van der Waals surface area contributed by atoms with Crippen LogP contribution in [-0.2, 0) is 11.3 Å². The number of benzene rings is 2. The molecule has 0 aromatic heterocycles. The SMILES string of the molecule is COCCNCc1ccccc1N(C)c1ccccc1C. The van der Waals surface area contributed by atoms with E-state index in [2.05, 4.69) is 72.7 Å². The van der Waals surface area contributed by atoms with Crippen molar-refractivity contribution in [3.63, 3.8) is 0 Å². The van der Waals surface area contributed by atoms with E-state index in [0.29, 0.717) is 0 Å². The summed E-state index contributed by atoms with van der Waals surface area (Å²) in [5.41, 5.74) is 5.04. The second-order valence-corrected chi connectivity index (χ2v) is 5.14. The van der Waals surface area contributed by atoms with E-state index in [1.165, 1.54) is 22.5 Å². The lowest BCUT2D eigenvalue weighted by atomic mass is 10.1. The molecule has 21 heavy (non-hydrogen) atoms. The Hall–Kier alpha value is -1.84. The van der Waals surface area contributed by atoms with Crippen LogP contribution in [0.5, 0.6) is 0 Å². The minimum Gasteiger partial charge on any atom is -0.383 e. The van der Waals surface area contributed by atoms with Crippen LogP contribution in [0.25, 0.3) is 0 Å². The van der Waals surface area contributed by atoms with Crippen molar-refractivity contribution in [3.8, 4) is 0 Å². The molecule has 0 amide bonds. The maximum atomic E-state index is 5.07. The molecule has 0 aliphatic carbocycles. The van der Waals surface area contributed by atoms with Crippen molar-refractivity contribution in [1.29, 1.82) is 0 Å². The molecule has 2 rings (SSSR count). The smallest absolute Gasteiger partial charge is 0.0587 e. The summed E-state index contributed by atoms with van der Waals surface area (Å²) in [7, 11) is 3.85. The third-order valence-electron chi connectivity index (χ3n) is 3.63. The Bertz CT molecular complexity index is 569. The molecule has 0 bridgehead atoms. The topological polar surface area (TPSA) is 24.5 Å². The normalized spacial score (nSPS) is 10.6. The fourth-order valence-electron chi connectivity index (χ4n) is 2.45. The van der Waals surface area contributed by atoms with Gasteiger partial charge in [-0.2, -0.15) is 0 Å². The predicted octanol–water partition coefficient (Wildman–Crippen LogP) is 3.50. The van der Waals surface area contributed by atoms with Gasteiger partial charge in [-0.15, -0.1) is 0 Å². The predicted molar refractivity (Wildman–Crippen MR) is 89.3 cm³/mol. The van der Waals surface area contributed by atoms with Crippen LogP contribution < -0.4 is 10.2 Å². The Morgan fingerprint density at radius 2 is 1.67 bits per heavy atom. The molecule has 3 nitrogen and oxygen atoms in total. The lowest BCUT2D eigenvalue weighted by Crippen LogP contribution is -2.21. The lowest BCUT2D eigenvalue weighted by Gasteiger charge is -2.24. The summed E-state index contributed by atoms with van der Waals surface area (Å²) < 4.78 is 5.07. The molecule has 0 aliphatic rings. The minimum atomic E-state index is 0.732. The van der Waals surface area contributed by atoms with Crippen molar-refractivity contribution in [3.05, 3.63) is 59.7 Å². The molecule has 0 aliphatic heterocycles. The second-order valence-electron chi connectivity index (χ2n) is 5.14. The van der Waals surface area contributed by atoms with Gasteiger partial charge in [-0.25, -0.2) is 0 Å². The molecule has 112 valence electrons. The molecular weight excluding hydrogens is 260 g/mol. The number of hydrogen-bond acceptors (Lipinski definition) is 3. The van der Waals surface area contributed by atoms with Crippen LogP contribution in [0.4, 0.5) is 11.4 Å². The fourth-order valence-corrected chi connectivity index (χ4v) is 2.45. The Labute approximate surface area is 127 Å². The van der Waals surface area contributed by atoms with Crippen LogP contribution >= 0.6 is 0 Å². The highest BCUT2D eigenvalue weighted by Gasteiger charge is 2.10. The number of methoxy groups -OCH3 is 1. The monoisotopic (exact) mass is 284 g/mol. The van der Waals surface area contributed by atoms with E-state index in [1.54, 1.807) is 7.11 Å². The highest BCUT2D eigenvalue weighted by molar-refractivity contribution is 5.68. The van der Waals surface area contributed by atoms with Crippen molar-refractivity contribution >= 4 is 11.4 Å². The minimum absolute atomic E-state index is 0.732. The molecular formula is C18H24N2O. The summed E-state index contributed by atoms with van der Waals surface area (Å²) in [5.74, 6) is 0. The van der Waals surface area contributed by atoms with Crippen LogP contribution in [0.3, 0.4) is 0 Å². The molecule has 0 fully saturated rings. The molecule has 0 spiro atoms. The second kappa shape index (κ2) is 7.81. The largest absolute Gasteiger partial charge is 0.383 e. The molecule has 0 unspecified atom stereocenters. The van der Waals surface area contributed by atoms with E-state index in [1.807, 2.05) is 0 Å².